The second-order valence-corrected chi connectivity index (χ2v) is 7.21. The molecule has 1 unspecified atom stereocenters. The Morgan fingerprint density at radius 3 is 2.57 bits per heavy atom. The zero-order valence-electron chi connectivity index (χ0n) is 14.6. The van der Waals surface area contributed by atoms with Crippen molar-refractivity contribution in [3.8, 4) is 5.75 Å². The molecule has 0 saturated heterocycles. The highest BCUT2D eigenvalue weighted by atomic mass is 35.5. The molecule has 4 rings (SSSR count). The Morgan fingerprint density at radius 2 is 1.89 bits per heavy atom. The first-order chi connectivity index (χ1) is 13.5. The van der Waals surface area contributed by atoms with Gasteiger partial charge in [0.25, 0.3) is 5.91 Å². The van der Waals surface area contributed by atoms with Gasteiger partial charge < -0.3 is 5.11 Å². The SMILES string of the molecule is O=C(c1cccnc1)N1N=C(c2ccc(O)cc2)CC1c1ccc(Cl)cc1Cl. The Bertz CT molecular complexity index is 1050. The number of hydrogen-bond donors (Lipinski definition) is 1. The molecule has 1 amide bonds. The standard InChI is InChI=1S/C21H15Cl2N3O2/c22-15-5-8-17(18(23)10-15)20-11-19(13-3-6-16(27)7-4-13)25-26(20)21(28)14-2-1-9-24-12-14/h1-10,12,20,27H,11H2. The Morgan fingerprint density at radius 1 is 1.11 bits per heavy atom. The van der Waals surface area contributed by atoms with Gasteiger partial charge in [-0.2, -0.15) is 5.10 Å². The normalized spacial score (nSPS) is 16.1. The third kappa shape index (κ3) is 3.59. The van der Waals surface area contributed by atoms with Crippen molar-refractivity contribution in [3.05, 3.63) is 93.7 Å². The summed E-state index contributed by atoms with van der Waals surface area (Å²) in [4.78, 5) is 17.1. The molecule has 140 valence electrons. The molecule has 2 heterocycles. The van der Waals surface area contributed by atoms with Crippen LogP contribution < -0.4 is 0 Å². The van der Waals surface area contributed by atoms with Gasteiger partial charge in [-0.05, 0) is 59.7 Å². The van der Waals surface area contributed by atoms with E-state index in [2.05, 4.69) is 10.1 Å². The van der Waals surface area contributed by atoms with Gasteiger partial charge in [0.2, 0.25) is 0 Å². The van der Waals surface area contributed by atoms with Crippen molar-refractivity contribution in [2.24, 2.45) is 5.10 Å². The Hall–Kier alpha value is -2.89. The summed E-state index contributed by atoms with van der Waals surface area (Å²) in [7, 11) is 0. The average Bonchev–Trinajstić information content (AvgIpc) is 3.13. The summed E-state index contributed by atoms with van der Waals surface area (Å²) in [6.45, 7) is 0. The third-order valence-corrected chi connectivity index (χ3v) is 5.11. The van der Waals surface area contributed by atoms with Crippen LogP contribution >= 0.6 is 23.2 Å². The second kappa shape index (κ2) is 7.62. The fourth-order valence-corrected chi connectivity index (χ4v) is 3.70. The zero-order chi connectivity index (χ0) is 19.7. The number of phenols is 1. The molecule has 0 bridgehead atoms. The van der Waals surface area contributed by atoms with Gasteiger partial charge in [-0.25, -0.2) is 5.01 Å². The van der Waals surface area contributed by atoms with Crippen LogP contribution in [0.1, 0.15) is 33.9 Å². The fourth-order valence-electron chi connectivity index (χ4n) is 3.16. The second-order valence-electron chi connectivity index (χ2n) is 6.37. The molecule has 7 heteroatoms. The lowest BCUT2D eigenvalue weighted by Gasteiger charge is -2.23. The van der Waals surface area contributed by atoms with E-state index in [4.69, 9.17) is 23.2 Å². The molecule has 1 N–H and O–H groups in total. The number of hydrogen-bond acceptors (Lipinski definition) is 4. The Balaban J connectivity index is 1.76. The molecule has 0 radical (unpaired) electrons. The third-order valence-electron chi connectivity index (χ3n) is 4.55. The molecule has 1 atom stereocenters. The van der Waals surface area contributed by atoms with Gasteiger partial charge in [0.05, 0.1) is 17.3 Å². The van der Waals surface area contributed by atoms with E-state index in [0.29, 0.717) is 22.0 Å². The molecule has 1 aliphatic heterocycles. The maximum absolute atomic E-state index is 13.1. The van der Waals surface area contributed by atoms with Gasteiger partial charge >= 0.3 is 0 Å². The molecule has 0 saturated carbocycles. The van der Waals surface area contributed by atoms with Crippen LogP contribution in [0.25, 0.3) is 0 Å². The van der Waals surface area contributed by atoms with Crippen LogP contribution in [-0.4, -0.2) is 26.7 Å². The molecule has 0 aliphatic carbocycles. The van der Waals surface area contributed by atoms with E-state index < -0.39 is 0 Å². The number of carbonyl (C=O) groups excluding carboxylic acids is 1. The Labute approximate surface area is 171 Å². The zero-order valence-corrected chi connectivity index (χ0v) is 16.1. The summed E-state index contributed by atoms with van der Waals surface area (Å²) in [5.41, 5.74) is 2.76. The molecule has 5 nitrogen and oxygen atoms in total. The summed E-state index contributed by atoms with van der Waals surface area (Å²) in [5.74, 6) is -0.0965. The van der Waals surface area contributed by atoms with Crippen molar-refractivity contribution >= 4 is 34.8 Å². The van der Waals surface area contributed by atoms with Crippen molar-refractivity contribution < 1.29 is 9.90 Å². The number of nitrogens with zero attached hydrogens (tertiary/aromatic N) is 3. The number of carbonyl (C=O) groups is 1. The number of hydrazone groups is 1. The van der Waals surface area contributed by atoms with Crippen LogP contribution in [0.5, 0.6) is 5.75 Å². The maximum Gasteiger partial charge on any atom is 0.276 e. The summed E-state index contributed by atoms with van der Waals surface area (Å²) < 4.78 is 0. The fraction of sp³-hybridized carbons (Fsp3) is 0.0952. The number of phenolic OH excluding ortho intramolecular Hbond substituents is 1. The lowest BCUT2D eigenvalue weighted by molar-refractivity contribution is 0.0711. The van der Waals surface area contributed by atoms with E-state index in [-0.39, 0.29) is 17.7 Å². The Kier molecular flexibility index (Phi) is 5.03. The number of aromatic hydroxyl groups is 1. The van der Waals surface area contributed by atoms with Crippen molar-refractivity contribution in [3.63, 3.8) is 0 Å². The summed E-state index contributed by atoms with van der Waals surface area (Å²) in [6, 6.07) is 15.0. The van der Waals surface area contributed by atoms with Crippen molar-refractivity contribution in [2.45, 2.75) is 12.5 Å². The highest BCUT2D eigenvalue weighted by Crippen LogP contribution is 2.38. The van der Waals surface area contributed by atoms with Gasteiger partial charge in [-0.1, -0.05) is 29.3 Å². The van der Waals surface area contributed by atoms with Crippen LogP contribution in [0.15, 0.2) is 72.1 Å². The number of benzene rings is 2. The first kappa shape index (κ1) is 18.5. The van der Waals surface area contributed by atoms with E-state index in [1.807, 2.05) is 6.07 Å². The topological polar surface area (TPSA) is 65.8 Å². The molecule has 1 aliphatic rings. The highest BCUT2D eigenvalue weighted by molar-refractivity contribution is 6.35. The number of amides is 1. The van der Waals surface area contributed by atoms with Crippen LogP contribution in [0, 0.1) is 0 Å². The predicted octanol–water partition coefficient (Wildman–Crippen LogP) is 5.09. The molecular weight excluding hydrogens is 397 g/mol. The number of halogens is 2. The number of rotatable bonds is 3. The van der Waals surface area contributed by atoms with Crippen molar-refractivity contribution in [1.29, 1.82) is 0 Å². The van der Waals surface area contributed by atoms with E-state index in [1.54, 1.807) is 54.7 Å². The van der Waals surface area contributed by atoms with E-state index in [0.717, 1.165) is 16.8 Å². The van der Waals surface area contributed by atoms with Crippen LogP contribution in [0.3, 0.4) is 0 Å². The molecular formula is C21H15Cl2N3O2. The van der Waals surface area contributed by atoms with Crippen molar-refractivity contribution in [2.75, 3.05) is 0 Å². The van der Waals surface area contributed by atoms with E-state index >= 15 is 0 Å². The smallest absolute Gasteiger partial charge is 0.276 e. The maximum atomic E-state index is 13.1. The highest BCUT2D eigenvalue weighted by Gasteiger charge is 2.35. The lowest BCUT2D eigenvalue weighted by atomic mass is 9.98. The van der Waals surface area contributed by atoms with Crippen LogP contribution in [-0.2, 0) is 0 Å². The van der Waals surface area contributed by atoms with Crippen LogP contribution in [0.2, 0.25) is 10.0 Å². The molecule has 28 heavy (non-hydrogen) atoms. The van der Waals surface area contributed by atoms with Gasteiger partial charge in [-0.15, -0.1) is 0 Å². The molecule has 2 aromatic carbocycles. The summed E-state index contributed by atoms with van der Waals surface area (Å²) in [6.07, 6.45) is 3.61. The minimum atomic E-state index is -0.374. The van der Waals surface area contributed by atoms with Crippen LogP contribution in [0.4, 0.5) is 0 Å². The summed E-state index contributed by atoms with van der Waals surface area (Å²) >= 11 is 12.5. The van der Waals surface area contributed by atoms with Gasteiger partial charge in [0.15, 0.2) is 0 Å². The molecule has 1 aromatic heterocycles. The van der Waals surface area contributed by atoms with E-state index in [9.17, 15) is 9.90 Å². The monoisotopic (exact) mass is 411 g/mol. The largest absolute Gasteiger partial charge is 0.508 e. The molecule has 0 fully saturated rings. The van der Waals surface area contributed by atoms with Crippen molar-refractivity contribution in [1.82, 2.24) is 9.99 Å². The first-order valence-corrected chi connectivity index (χ1v) is 9.34. The average molecular weight is 412 g/mol. The molecule has 3 aromatic rings. The quantitative estimate of drug-likeness (QED) is 0.652. The minimum absolute atomic E-state index is 0.169. The van der Waals surface area contributed by atoms with E-state index in [1.165, 1.54) is 11.2 Å². The van der Waals surface area contributed by atoms with Gasteiger partial charge in [0.1, 0.15) is 5.75 Å². The first-order valence-electron chi connectivity index (χ1n) is 8.58. The lowest BCUT2D eigenvalue weighted by Crippen LogP contribution is -2.27. The molecule has 0 spiro atoms. The number of aromatic nitrogens is 1. The minimum Gasteiger partial charge on any atom is -0.508 e. The number of pyridine rings is 1. The summed E-state index contributed by atoms with van der Waals surface area (Å²) in [5, 5.41) is 16.6. The predicted molar refractivity (Wildman–Crippen MR) is 109 cm³/mol. The van der Waals surface area contributed by atoms with Gasteiger partial charge in [-0.3, -0.25) is 9.78 Å². The van der Waals surface area contributed by atoms with Gasteiger partial charge in [0, 0.05) is 28.9 Å².